The Morgan fingerprint density at radius 2 is 1.92 bits per heavy atom. The fraction of sp³-hybridized carbons (Fsp3) is 0.579. The molecule has 2 rings (SSSR count). The number of nitrogens with one attached hydrogen (secondary N) is 1. The second-order valence-electron chi connectivity index (χ2n) is 6.49. The Kier molecular flexibility index (Phi) is 7.09. The molecule has 5 heteroatoms. The minimum Gasteiger partial charge on any atom is -0.481 e. The number of amides is 2. The van der Waals surface area contributed by atoms with E-state index in [1.807, 2.05) is 42.2 Å². The molecule has 24 heavy (non-hydrogen) atoms. The van der Waals surface area contributed by atoms with E-state index in [2.05, 4.69) is 5.32 Å². The summed E-state index contributed by atoms with van der Waals surface area (Å²) in [6.07, 6.45) is 5.66. The molecule has 0 spiro atoms. The molecule has 0 saturated heterocycles. The fourth-order valence-corrected chi connectivity index (χ4v) is 3.46. The van der Waals surface area contributed by atoms with E-state index in [0.29, 0.717) is 25.4 Å². The van der Waals surface area contributed by atoms with Crippen LogP contribution in [-0.4, -0.2) is 40.6 Å². The van der Waals surface area contributed by atoms with Crippen molar-refractivity contribution in [3.05, 3.63) is 35.9 Å². The smallest absolute Gasteiger partial charge is 0.317 e. The second kappa shape index (κ2) is 9.30. The van der Waals surface area contributed by atoms with E-state index in [4.69, 9.17) is 5.11 Å². The molecular weight excluding hydrogens is 304 g/mol. The first-order valence-corrected chi connectivity index (χ1v) is 8.93. The lowest BCUT2D eigenvalue weighted by Crippen LogP contribution is -2.49. The molecule has 1 aromatic rings. The number of urea groups is 1. The predicted molar refractivity (Wildman–Crippen MR) is 94.0 cm³/mol. The molecule has 0 radical (unpaired) electrons. The van der Waals surface area contributed by atoms with Crippen LogP contribution in [0.2, 0.25) is 0 Å². The monoisotopic (exact) mass is 332 g/mol. The molecule has 0 bridgehead atoms. The second-order valence-corrected chi connectivity index (χ2v) is 6.49. The molecular formula is C19H28N2O3. The number of carbonyl (C=O) groups is 2. The summed E-state index contributed by atoms with van der Waals surface area (Å²) in [5.41, 5.74) is 1.11. The number of carboxylic acids is 1. The van der Waals surface area contributed by atoms with Gasteiger partial charge in [-0.25, -0.2) is 4.79 Å². The highest BCUT2D eigenvalue weighted by Gasteiger charge is 2.26. The van der Waals surface area contributed by atoms with Gasteiger partial charge in [0.15, 0.2) is 0 Å². The molecule has 0 aliphatic heterocycles. The topological polar surface area (TPSA) is 69.6 Å². The van der Waals surface area contributed by atoms with E-state index in [0.717, 1.165) is 18.4 Å². The highest BCUT2D eigenvalue weighted by molar-refractivity contribution is 5.75. The van der Waals surface area contributed by atoms with Crippen LogP contribution < -0.4 is 5.32 Å². The highest BCUT2D eigenvalue weighted by Crippen LogP contribution is 2.23. The zero-order chi connectivity index (χ0) is 17.4. The SMILES string of the molecule is CCN(C(=O)NC(CCC(=O)O)Cc1ccccc1)C1CCCC1. The van der Waals surface area contributed by atoms with E-state index < -0.39 is 5.97 Å². The van der Waals surface area contributed by atoms with Crippen molar-refractivity contribution in [2.24, 2.45) is 0 Å². The van der Waals surface area contributed by atoms with E-state index >= 15 is 0 Å². The number of aliphatic carboxylic acids is 1. The maximum atomic E-state index is 12.7. The van der Waals surface area contributed by atoms with Crippen LogP contribution in [-0.2, 0) is 11.2 Å². The summed E-state index contributed by atoms with van der Waals surface area (Å²) in [5, 5.41) is 12.0. The Morgan fingerprint density at radius 3 is 2.50 bits per heavy atom. The van der Waals surface area contributed by atoms with Gasteiger partial charge in [-0.05, 0) is 38.2 Å². The maximum Gasteiger partial charge on any atom is 0.317 e. The summed E-state index contributed by atoms with van der Waals surface area (Å²) >= 11 is 0. The zero-order valence-corrected chi connectivity index (χ0v) is 14.4. The van der Waals surface area contributed by atoms with E-state index in [1.165, 1.54) is 12.8 Å². The van der Waals surface area contributed by atoms with Gasteiger partial charge >= 0.3 is 12.0 Å². The Morgan fingerprint density at radius 1 is 1.25 bits per heavy atom. The third kappa shape index (κ3) is 5.55. The lowest BCUT2D eigenvalue weighted by atomic mass is 10.0. The average Bonchev–Trinajstić information content (AvgIpc) is 3.08. The quantitative estimate of drug-likeness (QED) is 0.766. The minimum absolute atomic E-state index is 0.0595. The van der Waals surface area contributed by atoms with Crippen LogP contribution in [0.1, 0.15) is 51.0 Å². The van der Waals surface area contributed by atoms with Crippen LogP contribution in [0.15, 0.2) is 30.3 Å². The lowest BCUT2D eigenvalue weighted by molar-refractivity contribution is -0.137. The van der Waals surface area contributed by atoms with Crippen LogP contribution in [0.25, 0.3) is 0 Å². The molecule has 1 aliphatic carbocycles. The molecule has 132 valence electrons. The van der Waals surface area contributed by atoms with Gasteiger partial charge in [0, 0.05) is 25.0 Å². The van der Waals surface area contributed by atoms with Crippen LogP contribution in [0.4, 0.5) is 4.79 Å². The van der Waals surface area contributed by atoms with Gasteiger partial charge in [0.25, 0.3) is 0 Å². The first-order valence-electron chi connectivity index (χ1n) is 8.93. The van der Waals surface area contributed by atoms with Gasteiger partial charge in [-0.3, -0.25) is 4.79 Å². The number of carboxylic acid groups (broad SMARTS) is 1. The molecule has 1 aromatic carbocycles. The number of rotatable bonds is 8. The van der Waals surface area contributed by atoms with Gasteiger partial charge < -0.3 is 15.3 Å². The number of hydrogen-bond donors (Lipinski definition) is 2. The molecule has 5 nitrogen and oxygen atoms in total. The normalized spacial score (nSPS) is 15.9. The number of benzene rings is 1. The van der Waals surface area contributed by atoms with Crippen LogP contribution in [0.3, 0.4) is 0 Å². The fourth-order valence-electron chi connectivity index (χ4n) is 3.46. The van der Waals surface area contributed by atoms with Crippen molar-refractivity contribution in [2.75, 3.05) is 6.54 Å². The van der Waals surface area contributed by atoms with Gasteiger partial charge in [0.1, 0.15) is 0 Å². The van der Waals surface area contributed by atoms with Crippen molar-refractivity contribution in [1.29, 1.82) is 0 Å². The summed E-state index contributed by atoms with van der Waals surface area (Å²) < 4.78 is 0. The van der Waals surface area contributed by atoms with E-state index in [-0.39, 0.29) is 18.5 Å². The van der Waals surface area contributed by atoms with Crippen molar-refractivity contribution < 1.29 is 14.7 Å². The standard InChI is InChI=1S/C19H28N2O3/c1-2-21(17-10-6-7-11-17)19(24)20-16(12-13-18(22)23)14-15-8-4-3-5-9-15/h3-5,8-9,16-17H,2,6-7,10-14H2,1H3,(H,20,24)(H,22,23). The van der Waals surface area contributed by atoms with Crippen LogP contribution >= 0.6 is 0 Å². The van der Waals surface area contributed by atoms with E-state index in [9.17, 15) is 9.59 Å². The van der Waals surface area contributed by atoms with Gasteiger partial charge in [0.05, 0.1) is 0 Å². The third-order valence-corrected chi connectivity index (χ3v) is 4.73. The van der Waals surface area contributed by atoms with Crippen molar-refractivity contribution in [3.8, 4) is 0 Å². The molecule has 1 unspecified atom stereocenters. The molecule has 0 heterocycles. The summed E-state index contributed by atoms with van der Waals surface area (Å²) in [4.78, 5) is 25.5. The number of nitrogens with zero attached hydrogens (tertiary/aromatic N) is 1. The Balaban J connectivity index is 1.99. The van der Waals surface area contributed by atoms with Gasteiger partial charge in [0.2, 0.25) is 0 Å². The predicted octanol–water partition coefficient (Wildman–Crippen LogP) is 3.44. The lowest BCUT2D eigenvalue weighted by Gasteiger charge is -2.30. The van der Waals surface area contributed by atoms with Crippen molar-refractivity contribution in [1.82, 2.24) is 10.2 Å². The van der Waals surface area contributed by atoms with Crippen LogP contribution in [0, 0.1) is 0 Å². The van der Waals surface area contributed by atoms with Crippen LogP contribution in [0.5, 0.6) is 0 Å². The Labute approximate surface area is 144 Å². The van der Waals surface area contributed by atoms with Crippen molar-refractivity contribution in [2.45, 2.75) is 64.0 Å². The molecule has 0 aromatic heterocycles. The maximum absolute atomic E-state index is 12.7. The average molecular weight is 332 g/mol. The molecule has 1 saturated carbocycles. The van der Waals surface area contributed by atoms with Crippen molar-refractivity contribution >= 4 is 12.0 Å². The Bertz CT molecular complexity index is 527. The molecule has 1 fully saturated rings. The molecule has 1 atom stereocenters. The first kappa shape index (κ1) is 18.3. The number of carbonyl (C=O) groups excluding carboxylic acids is 1. The van der Waals surface area contributed by atoms with E-state index in [1.54, 1.807) is 0 Å². The highest BCUT2D eigenvalue weighted by atomic mass is 16.4. The molecule has 2 N–H and O–H groups in total. The van der Waals surface area contributed by atoms with Crippen molar-refractivity contribution in [3.63, 3.8) is 0 Å². The molecule has 1 aliphatic rings. The summed E-state index contributed by atoms with van der Waals surface area (Å²) in [5.74, 6) is -0.828. The zero-order valence-electron chi connectivity index (χ0n) is 14.4. The minimum atomic E-state index is -0.828. The van der Waals surface area contributed by atoms with Gasteiger partial charge in [-0.2, -0.15) is 0 Å². The van der Waals surface area contributed by atoms with Gasteiger partial charge in [-0.1, -0.05) is 43.2 Å². The first-order chi connectivity index (χ1) is 11.6. The number of hydrogen-bond acceptors (Lipinski definition) is 2. The summed E-state index contributed by atoms with van der Waals surface area (Å²) in [7, 11) is 0. The molecule has 2 amide bonds. The summed E-state index contributed by atoms with van der Waals surface area (Å²) in [6.45, 7) is 2.69. The third-order valence-electron chi connectivity index (χ3n) is 4.73. The Hall–Kier alpha value is -2.04. The summed E-state index contributed by atoms with van der Waals surface area (Å²) in [6, 6.07) is 10.00. The van der Waals surface area contributed by atoms with Gasteiger partial charge in [-0.15, -0.1) is 0 Å². The largest absolute Gasteiger partial charge is 0.481 e.